The summed E-state index contributed by atoms with van der Waals surface area (Å²) in [7, 11) is 0. The lowest BCUT2D eigenvalue weighted by Crippen LogP contribution is -2.55. The van der Waals surface area contributed by atoms with Crippen molar-refractivity contribution in [1.29, 1.82) is 0 Å². The summed E-state index contributed by atoms with van der Waals surface area (Å²) >= 11 is 0. The first kappa shape index (κ1) is 11.4. The molecule has 0 saturated carbocycles. The van der Waals surface area contributed by atoms with Gasteiger partial charge in [0.15, 0.2) is 0 Å². The minimum Gasteiger partial charge on any atom is -0.387 e. The molecule has 0 spiro atoms. The maximum Gasteiger partial charge on any atom is 0.251 e. The van der Waals surface area contributed by atoms with Gasteiger partial charge in [0.25, 0.3) is 5.91 Å². The quantitative estimate of drug-likeness (QED) is 0.518. The van der Waals surface area contributed by atoms with Crippen LogP contribution in [0.4, 0.5) is 0 Å². The molecule has 5 nitrogen and oxygen atoms in total. The second-order valence-electron chi connectivity index (χ2n) is 3.97. The Balaban J connectivity index is 2.60. The van der Waals surface area contributed by atoms with Crippen LogP contribution in [0, 0.1) is 0 Å². The molecule has 0 aromatic heterocycles. The standard InChI is InChI=1S/C9H18N2O3/c1-7(12)8(13)11-4-2-3-9(14,5-10)6-11/h7,12,14H,2-6,10H2,1H3/t7-,9?/m1/s1. The Morgan fingerprint density at radius 2 is 2.36 bits per heavy atom. The Morgan fingerprint density at radius 1 is 1.71 bits per heavy atom. The average molecular weight is 202 g/mol. The fourth-order valence-corrected chi connectivity index (χ4v) is 1.73. The van der Waals surface area contributed by atoms with E-state index in [-0.39, 0.29) is 19.0 Å². The van der Waals surface area contributed by atoms with Gasteiger partial charge >= 0.3 is 0 Å². The van der Waals surface area contributed by atoms with Crippen molar-refractivity contribution in [3.8, 4) is 0 Å². The second kappa shape index (κ2) is 4.25. The summed E-state index contributed by atoms with van der Waals surface area (Å²) in [6.45, 7) is 2.40. The summed E-state index contributed by atoms with van der Waals surface area (Å²) < 4.78 is 0. The van der Waals surface area contributed by atoms with E-state index in [1.54, 1.807) is 0 Å². The van der Waals surface area contributed by atoms with Gasteiger partial charge in [-0.1, -0.05) is 0 Å². The summed E-state index contributed by atoms with van der Waals surface area (Å²) in [5.74, 6) is -0.337. The van der Waals surface area contributed by atoms with Crippen LogP contribution in [0.5, 0.6) is 0 Å². The number of carbonyl (C=O) groups excluding carboxylic acids is 1. The van der Waals surface area contributed by atoms with Gasteiger partial charge in [0, 0.05) is 13.1 Å². The van der Waals surface area contributed by atoms with Crippen molar-refractivity contribution in [2.24, 2.45) is 5.73 Å². The fourth-order valence-electron chi connectivity index (χ4n) is 1.73. The zero-order valence-corrected chi connectivity index (χ0v) is 8.44. The summed E-state index contributed by atoms with van der Waals surface area (Å²) in [6, 6.07) is 0. The molecule has 2 atom stereocenters. The molecule has 1 aliphatic heterocycles. The highest BCUT2D eigenvalue weighted by atomic mass is 16.3. The smallest absolute Gasteiger partial charge is 0.251 e. The van der Waals surface area contributed by atoms with Gasteiger partial charge in [-0.05, 0) is 19.8 Å². The molecular formula is C9H18N2O3. The van der Waals surface area contributed by atoms with E-state index in [1.807, 2.05) is 0 Å². The Labute approximate surface area is 83.5 Å². The van der Waals surface area contributed by atoms with Gasteiger partial charge in [0.2, 0.25) is 0 Å². The third-order valence-corrected chi connectivity index (χ3v) is 2.60. The monoisotopic (exact) mass is 202 g/mol. The van der Waals surface area contributed by atoms with Crippen LogP contribution in [0.15, 0.2) is 0 Å². The van der Waals surface area contributed by atoms with Gasteiger partial charge in [-0.15, -0.1) is 0 Å². The Morgan fingerprint density at radius 3 is 2.86 bits per heavy atom. The van der Waals surface area contributed by atoms with E-state index in [0.29, 0.717) is 13.0 Å². The van der Waals surface area contributed by atoms with Crippen LogP contribution in [0.1, 0.15) is 19.8 Å². The summed E-state index contributed by atoms with van der Waals surface area (Å²) in [6.07, 6.45) is 0.342. The van der Waals surface area contributed by atoms with Gasteiger partial charge in [-0.25, -0.2) is 0 Å². The molecule has 1 fully saturated rings. The molecule has 1 amide bonds. The number of piperidine rings is 1. The minimum absolute atomic E-state index is 0.149. The topological polar surface area (TPSA) is 86.8 Å². The van der Waals surface area contributed by atoms with Crippen molar-refractivity contribution in [3.63, 3.8) is 0 Å². The molecule has 0 aromatic carbocycles. The van der Waals surface area contributed by atoms with Crippen molar-refractivity contribution in [2.45, 2.75) is 31.5 Å². The summed E-state index contributed by atoms with van der Waals surface area (Å²) in [5.41, 5.74) is 4.46. The number of rotatable bonds is 2. The van der Waals surface area contributed by atoms with E-state index >= 15 is 0 Å². The predicted molar refractivity (Wildman–Crippen MR) is 51.5 cm³/mol. The highest BCUT2D eigenvalue weighted by molar-refractivity contribution is 5.80. The van der Waals surface area contributed by atoms with Crippen LogP contribution in [-0.2, 0) is 4.79 Å². The highest BCUT2D eigenvalue weighted by Crippen LogP contribution is 2.20. The van der Waals surface area contributed by atoms with Gasteiger partial charge < -0.3 is 20.8 Å². The van der Waals surface area contributed by atoms with Gasteiger partial charge in [-0.3, -0.25) is 4.79 Å². The molecule has 4 N–H and O–H groups in total. The number of β-amino-alcohol motifs (C(OH)–C–C–N with tert-alkyl or cyclic N) is 1. The van der Waals surface area contributed by atoms with E-state index in [1.165, 1.54) is 11.8 Å². The number of aliphatic hydroxyl groups excluding tert-OH is 1. The Kier molecular flexibility index (Phi) is 3.47. The molecule has 0 radical (unpaired) electrons. The number of hydrogen-bond acceptors (Lipinski definition) is 4. The molecule has 0 aromatic rings. The highest BCUT2D eigenvalue weighted by Gasteiger charge is 2.34. The molecule has 1 saturated heterocycles. The maximum absolute atomic E-state index is 11.4. The van der Waals surface area contributed by atoms with Crippen molar-refractivity contribution in [2.75, 3.05) is 19.6 Å². The SMILES string of the molecule is C[C@@H](O)C(=O)N1CCCC(O)(CN)C1. The number of nitrogens with two attached hydrogens (primary N) is 1. The zero-order chi connectivity index (χ0) is 10.8. The lowest BCUT2D eigenvalue weighted by molar-refractivity contribution is -0.145. The van der Waals surface area contributed by atoms with Crippen LogP contribution in [0.2, 0.25) is 0 Å². The largest absolute Gasteiger partial charge is 0.387 e. The lowest BCUT2D eigenvalue weighted by atomic mass is 9.93. The maximum atomic E-state index is 11.4. The van der Waals surface area contributed by atoms with Crippen LogP contribution < -0.4 is 5.73 Å². The fraction of sp³-hybridized carbons (Fsp3) is 0.889. The van der Waals surface area contributed by atoms with Crippen LogP contribution in [-0.4, -0.2) is 52.4 Å². The third kappa shape index (κ3) is 2.43. The summed E-state index contributed by atoms with van der Waals surface area (Å²) in [4.78, 5) is 12.9. The van der Waals surface area contributed by atoms with Crippen LogP contribution >= 0.6 is 0 Å². The Hall–Kier alpha value is -0.650. The molecule has 82 valence electrons. The molecule has 14 heavy (non-hydrogen) atoms. The van der Waals surface area contributed by atoms with Crippen LogP contribution in [0.3, 0.4) is 0 Å². The number of amides is 1. The average Bonchev–Trinajstić information content (AvgIpc) is 2.16. The van der Waals surface area contributed by atoms with Crippen molar-refractivity contribution >= 4 is 5.91 Å². The van der Waals surface area contributed by atoms with Crippen molar-refractivity contribution < 1.29 is 15.0 Å². The zero-order valence-electron chi connectivity index (χ0n) is 8.44. The minimum atomic E-state index is -1.00. The first-order valence-corrected chi connectivity index (χ1v) is 4.88. The predicted octanol–water partition coefficient (Wildman–Crippen LogP) is -1.32. The summed E-state index contributed by atoms with van der Waals surface area (Å²) in [5, 5.41) is 19.0. The normalized spacial score (nSPS) is 30.1. The Bertz CT molecular complexity index is 220. The first-order valence-electron chi connectivity index (χ1n) is 4.88. The molecule has 5 heteroatoms. The lowest BCUT2D eigenvalue weighted by Gasteiger charge is -2.38. The number of carbonyl (C=O) groups is 1. The third-order valence-electron chi connectivity index (χ3n) is 2.60. The van der Waals surface area contributed by atoms with Gasteiger partial charge in [-0.2, -0.15) is 0 Å². The number of nitrogens with zero attached hydrogens (tertiary/aromatic N) is 1. The van der Waals surface area contributed by atoms with E-state index in [9.17, 15) is 9.90 Å². The van der Waals surface area contributed by atoms with E-state index in [4.69, 9.17) is 10.8 Å². The number of aliphatic hydroxyl groups is 2. The van der Waals surface area contributed by atoms with E-state index < -0.39 is 11.7 Å². The molecule has 1 rings (SSSR count). The first-order chi connectivity index (χ1) is 6.48. The van der Waals surface area contributed by atoms with Gasteiger partial charge in [0.05, 0.1) is 12.1 Å². The van der Waals surface area contributed by atoms with E-state index in [2.05, 4.69) is 0 Å². The number of likely N-dealkylation sites (tertiary alicyclic amines) is 1. The molecule has 0 bridgehead atoms. The molecule has 1 aliphatic rings. The van der Waals surface area contributed by atoms with E-state index in [0.717, 1.165) is 6.42 Å². The second-order valence-corrected chi connectivity index (χ2v) is 3.97. The molecule has 0 aliphatic carbocycles. The van der Waals surface area contributed by atoms with Crippen LogP contribution in [0.25, 0.3) is 0 Å². The number of hydrogen-bond donors (Lipinski definition) is 3. The van der Waals surface area contributed by atoms with Crippen molar-refractivity contribution in [3.05, 3.63) is 0 Å². The molecule has 1 heterocycles. The van der Waals surface area contributed by atoms with Crippen molar-refractivity contribution in [1.82, 2.24) is 4.90 Å². The molecule has 1 unspecified atom stereocenters. The van der Waals surface area contributed by atoms with Gasteiger partial charge in [0.1, 0.15) is 6.10 Å². The molecular weight excluding hydrogens is 184 g/mol.